The van der Waals surface area contributed by atoms with Crippen LogP contribution in [0.5, 0.6) is 0 Å². The lowest BCUT2D eigenvalue weighted by molar-refractivity contribution is -0.142. The largest absolute Gasteiger partial charge is 0.368 e. The van der Waals surface area contributed by atoms with Crippen LogP contribution in [-0.4, -0.2) is 86.2 Å². The highest BCUT2D eigenvalue weighted by Gasteiger charge is 2.31. The zero-order valence-corrected chi connectivity index (χ0v) is 18.7. The lowest BCUT2D eigenvalue weighted by atomic mass is 10.2. The van der Waals surface area contributed by atoms with Crippen molar-refractivity contribution >= 4 is 23.5 Å². The van der Waals surface area contributed by atoms with Crippen LogP contribution in [0, 0.1) is 0 Å². The summed E-state index contributed by atoms with van der Waals surface area (Å²) < 4.78 is 11.0. The molecular formula is C23H33N5O4. The third kappa shape index (κ3) is 5.58. The van der Waals surface area contributed by atoms with Gasteiger partial charge >= 0.3 is 0 Å². The molecule has 2 atom stereocenters. The molecule has 3 saturated heterocycles. The number of ether oxygens (including phenoxy) is 2. The molecule has 0 aliphatic carbocycles. The molecule has 9 heteroatoms. The number of nitrogens with one attached hydrogen (secondary N) is 2. The molecule has 174 valence electrons. The van der Waals surface area contributed by atoms with E-state index in [1.54, 1.807) is 7.05 Å². The van der Waals surface area contributed by atoms with Gasteiger partial charge in [-0.15, -0.1) is 0 Å². The molecule has 2 N–H and O–H groups in total. The number of guanidine groups is 1. The van der Waals surface area contributed by atoms with Crippen molar-refractivity contribution in [2.45, 2.75) is 44.4 Å². The van der Waals surface area contributed by atoms with Gasteiger partial charge < -0.3 is 29.9 Å². The Labute approximate surface area is 189 Å². The molecule has 0 radical (unpaired) electrons. The number of piperazine rings is 1. The maximum Gasteiger partial charge on any atom is 0.253 e. The fraction of sp³-hybridized carbons (Fsp3) is 0.609. The molecule has 4 rings (SSSR count). The Hall–Kier alpha value is -2.65. The SMILES string of the molecule is CN=C(NCc1cccc(NC(=O)C2CCCO2)c1)N1CCN(C(=O)C2CCCO2)CC1. The number of nitrogens with zero attached hydrogens (tertiary/aromatic N) is 3. The summed E-state index contributed by atoms with van der Waals surface area (Å²) in [7, 11) is 1.77. The van der Waals surface area contributed by atoms with Crippen molar-refractivity contribution in [1.29, 1.82) is 0 Å². The summed E-state index contributed by atoms with van der Waals surface area (Å²) in [6.45, 7) is 4.73. The smallest absolute Gasteiger partial charge is 0.253 e. The molecule has 3 heterocycles. The summed E-state index contributed by atoms with van der Waals surface area (Å²) in [4.78, 5) is 33.3. The summed E-state index contributed by atoms with van der Waals surface area (Å²) in [5, 5.41) is 6.35. The Morgan fingerprint density at radius 2 is 1.72 bits per heavy atom. The predicted molar refractivity (Wildman–Crippen MR) is 121 cm³/mol. The van der Waals surface area contributed by atoms with Crippen molar-refractivity contribution in [3.63, 3.8) is 0 Å². The van der Waals surface area contributed by atoms with Crippen molar-refractivity contribution in [1.82, 2.24) is 15.1 Å². The summed E-state index contributed by atoms with van der Waals surface area (Å²) in [6.07, 6.45) is 2.89. The standard InChI is InChI=1S/C23H33N5O4/c1-24-23(28-11-9-27(10-12-28)22(30)20-8-4-14-32-20)25-16-17-5-2-6-18(15-17)26-21(29)19-7-3-13-31-19/h2,5-6,15,19-20H,3-4,7-14,16H2,1H3,(H,24,25)(H,26,29). The fourth-order valence-electron chi connectivity index (χ4n) is 4.39. The van der Waals surface area contributed by atoms with Gasteiger partial charge in [0.1, 0.15) is 12.2 Å². The first-order valence-electron chi connectivity index (χ1n) is 11.5. The predicted octanol–water partition coefficient (Wildman–Crippen LogP) is 1.20. The van der Waals surface area contributed by atoms with E-state index in [2.05, 4.69) is 20.5 Å². The van der Waals surface area contributed by atoms with Crippen molar-refractivity contribution in [3.8, 4) is 0 Å². The summed E-state index contributed by atoms with van der Waals surface area (Å²) in [5.41, 5.74) is 1.81. The van der Waals surface area contributed by atoms with Crippen LogP contribution in [0.2, 0.25) is 0 Å². The molecule has 1 aromatic rings. The van der Waals surface area contributed by atoms with E-state index in [4.69, 9.17) is 9.47 Å². The number of benzene rings is 1. The van der Waals surface area contributed by atoms with Gasteiger partial charge in [0, 0.05) is 58.7 Å². The Morgan fingerprint density at radius 1 is 1.03 bits per heavy atom. The van der Waals surface area contributed by atoms with Gasteiger partial charge in [-0.3, -0.25) is 14.6 Å². The first-order chi connectivity index (χ1) is 15.6. The van der Waals surface area contributed by atoms with Crippen LogP contribution >= 0.6 is 0 Å². The summed E-state index contributed by atoms with van der Waals surface area (Å²) in [6, 6.07) is 7.79. The molecule has 2 amide bonds. The van der Waals surface area contributed by atoms with Gasteiger partial charge in [-0.2, -0.15) is 0 Å². The number of hydrogen-bond donors (Lipinski definition) is 2. The van der Waals surface area contributed by atoms with E-state index < -0.39 is 0 Å². The average Bonchev–Trinajstić information content (AvgIpc) is 3.54. The lowest BCUT2D eigenvalue weighted by Gasteiger charge is -2.37. The summed E-state index contributed by atoms with van der Waals surface area (Å²) in [5.74, 6) is 0.841. The number of aliphatic imine (C=N–C) groups is 1. The maximum absolute atomic E-state index is 12.5. The highest BCUT2D eigenvalue weighted by molar-refractivity contribution is 5.94. The first kappa shape index (κ1) is 22.5. The van der Waals surface area contributed by atoms with E-state index in [9.17, 15) is 9.59 Å². The molecule has 9 nitrogen and oxygen atoms in total. The molecular weight excluding hydrogens is 410 g/mol. The highest BCUT2D eigenvalue weighted by atomic mass is 16.5. The minimum absolute atomic E-state index is 0.0844. The average molecular weight is 444 g/mol. The van der Waals surface area contributed by atoms with Crippen LogP contribution in [0.3, 0.4) is 0 Å². The van der Waals surface area contributed by atoms with Crippen LogP contribution < -0.4 is 10.6 Å². The van der Waals surface area contributed by atoms with Gasteiger partial charge in [-0.1, -0.05) is 12.1 Å². The zero-order chi connectivity index (χ0) is 22.3. The molecule has 32 heavy (non-hydrogen) atoms. The van der Waals surface area contributed by atoms with E-state index in [-0.39, 0.29) is 24.0 Å². The molecule has 3 aliphatic rings. The van der Waals surface area contributed by atoms with Crippen molar-refractivity contribution < 1.29 is 19.1 Å². The Morgan fingerprint density at radius 3 is 2.38 bits per heavy atom. The van der Waals surface area contributed by atoms with Crippen LogP contribution in [0.25, 0.3) is 0 Å². The highest BCUT2D eigenvalue weighted by Crippen LogP contribution is 2.17. The second-order valence-corrected chi connectivity index (χ2v) is 8.41. The van der Waals surface area contributed by atoms with Crippen LogP contribution in [-0.2, 0) is 25.6 Å². The minimum atomic E-state index is -0.346. The number of anilines is 1. The van der Waals surface area contributed by atoms with Crippen molar-refractivity contribution in [2.75, 3.05) is 51.8 Å². The number of carbonyl (C=O) groups is 2. The normalized spacial score (nSPS) is 24.0. The van der Waals surface area contributed by atoms with Gasteiger partial charge in [0.15, 0.2) is 5.96 Å². The van der Waals surface area contributed by atoms with Gasteiger partial charge in [-0.05, 0) is 43.4 Å². The van der Waals surface area contributed by atoms with E-state index in [0.29, 0.717) is 32.8 Å². The molecule has 3 aliphatic heterocycles. The first-order valence-corrected chi connectivity index (χ1v) is 11.5. The zero-order valence-electron chi connectivity index (χ0n) is 18.7. The van der Waals surface area contributed by atoms with E-state index >= 15 is 0 Å². The quantitative estimate of drug-likeness (QED) is 0.525. The van der Waals surface area contributed by atoms with Gasteiger partial charge in [0.2, 0.25) is 0 Å². The maximum atomic E-state index is 12.5. The Balaban J connectivity index is 1.25. The monoisotopic (exact) mass is 443 g/mol. The van der Waals surface area contributed by atoms with E-state index in [0.717, 1.165) is 56.0 Å². The number of rotatable bonds is 5. The Bertz CT molecular complexity index is 825. The van der Waals surface area contributed by atoms with Gasteiger partial charge in [0.25, 0.3) is 11.8 Å². The van der Waals surface area contributed by atoms with E-state index in [1.807, 2.05) is 29.2 Å². The second-order valence-electron chi connectivity index (χ2n) is 8.41. The topological polar surface area (TPSA) is 95.5 Å². The minimum Gasteiger partial charge on any atom is -0.368 e. The van der Waals surface area contributed by atoms with Crippen LogP contribution in [0.1, 0.15) is 31.2 Å². The molecule has 2 unspecified atom stereocenters. The second kappa shape index (κ2) is 10.8. The van der Waals surface area contributed by atoms with E-state index in [1.165, 1.54) is 0 Å². The Kier molecular flexibility index (Phi) is 7.59. The van der Waals surface area contributed by atoms with Crippen molar-refractivity contribution in [3.05, 3.63) is 29.8 Å². The van der Waals surface area contributed by atoms with Crippen LogP contribution in [0.4, 0.5) is 5.69 Å². The molecule has 0 spiro atoms. The molecule has 1 aromatic carbocycles. The molecule has 0 aromatic heterocycles. The fourth-order valence-corrected chi connectivity index (χ4v) is 4.39. The van der Waals surface area contributed by atoms with Gasteiger partial charge in [0.05, 0.1) is 0 Å². The molecule has 0 saturated carbocycles. The molecule has 0 bridgehead atoms. The number of carbonyl (C=O) groups excluding carboxylic acids is 2. The number of amides is 2. The third-order valence-corrected chi connectivity index (χ3v) is 6.18. The third-order valence-electron chi connectivity index (χ3n) is 6.18. The van der Waals surface area contributed by atoms with Crippen LogP contribution in [0.15, 0.2) is 29.3 Å². The lowest BCUT2D eigenvalue weighted by Crippen LogP contribution is -2.55. The number of hydrogen-bond acceptors (Lipinski definition) is 5. The van der Waals surface area contributed by atoms with Gasteiger partial charge in [-0.25, -0.2) is 0 Å². The molecule has 3 fully saturated rings. The summed E-state index contributed by atoms with van der Waals surface area (Å²) >= 11 is 0. The van der Waals surface area contributed by atoms with Crippen molar-refractivity contribution in [2.24, 2.45) is 4.99 Å².